The van der Waals surface area contributed by atoms with E-state index in [-0.39, 0.29) is 5.56 Å². The Morgan fingerprint density at radius 3 is 2.40 bits per heavy atom. The Morgan fingerprint density at radius 2 is 1.68 bits per heavy atom. The van der Waals surface area contributed by atoms with Crippen LogP contribution in [0.25, 0.3) is 28.8 Å². The lowest BCUT2D eigenvalue weighted by atomic mass is 10.2. The summed E-state index contributed by atoms with van der Waals surface area (Å²) < 4.78 is 1.65. The van der Waals surface area contributed by atoms with Gasteiger partial charge in [-0.05, 0) is 43.7 Å². The van der Waals surface area contributed by atoms with Gasteiger partial charge in [0.15, 0.2) is 0 Å². The van der Waals surface area contributed by atoms with Crippen molar-refractivity contribution in [3.63, 3.8) is 0 Å². The Balaban J connectivity index is 2.25. The number of hydrogen-bond donors (Lipinski definition) is 0. The number of para-hydroxylation sites is 1. The third kappa shape index (κ3) is 3.50. The third-order valence-corrected chi connectivity index (χ3v) is 3.92. The van der Waals surface area contributed by atoms with Crippen LogP contribution in [0.2, 0.25) is 0 Å². The van der Waals surface area contributed by atoms with Crippen LogP contribution in [-0.2, 0) is 0 Å². The van der Waals surface area contributed by atoms with Crippen molar-refractivity contribution < 1.29 is 0 Å². The SMILES string of the molecule is C/C=C\C(=C/C)n1c(/C=C/c2ccccc2)nc2ccccc2c1=O. The minimum Gasteiger partial charge on any atom is -0.268 e. The summed E-state index contributed by atoms with van der Waals surface area (Å²) in [5.41, 5.74) is 2.50. The molecule has 0 N–H and O–H groups in total. The second kappa shape index (κ2) is 7.58. The summed E-state index contributed by atoms with van der Waals surface area (Å²) in [6.07, 6.45) is 9.60. The molecule has 0 spiro atoms. The maximum atomic E-state index is 13.1. The van der Waals surface area contributed by atoms with Crippen LogP contribution < -0.4 is 5.56 Å². The van der Waals surface area contributed by atoms with Crippen LogP contribution >= 0.6 is 0 Å². The predicted molar refractivity (Wildman–Crippen MR) is 106 cm³/mol. The second-order valence-corrected chi connectivity index (χ2v) is 5.59. The summed E-state index contributed by atoms with van der Waals surface area (Å²) in [7, 11) is 0. The average molecular weight is 328 g/mol. The molecule has 0 atom stereocenters. The highest BCUT2D eigenvalue weighted by Crippen LogP contribution is 2.15. The van der Waals surface area contributed by atoms with Gasteiger partial charge in [0, 0.05) is 5.70 Å². The monoisotopic (exact) mass is 328 g/mol. The van der Waals surface area contributed by atoms with Gasteiger partial charge in [-0.2, -0.15) is 0 Å². The van der Waals surface area contributed by atoms with Crippen molar-refractivity contribution in [3.05, 3.63) is 94.6 Å². The topological polar surface area (TPSA) is 34.9 Å². The fraction of sp³-hybridized carbons (Fsp3) is 0.0909. The zero-order valence-corrected chi connectivity index (χ0v) is 14.4. The standard InChI is InChI=1S/C22H20N2O/c1-3-10-18(4-2)24-21(16-15-17-11-6-5-7-12-17)23-20-14-9-8-13-19(20)22(24)25/h3-16H,1-2H3/b10-3-,16-15+,18-4+. The summed E-state index contributed by atoms with van der Waals surface area (Å²) >= 11 is 0. The van der Waals surface area contributed by atoms with Crippen LogP contribution in [0.15, 0.2) is 77.6 Å². The maximum Gasteiger partial charge on any atom is 0.266 e. The number of aromatic nitrogens is 2. The molecule has 3 rings (SSSR count). The van der Waals surface area contributed by atoms with E-state index in [1.54, 1.807) is 4.57 Å². The van der Waals surface area contributed by atoms with Crippen molar-refractivity contribution >= 4 is 28.8 Å². The average Bonchev–Trinajstić information content (AvgIpc) is 2.66. The molecule has 0 radical (unpaired) electrons. The van der Waals surface area contributed by atoms with Gasteiger partial charge in [0.2, 0.25) is 0 Å². The molecule has 3 aromatic rings. The van der Waals surface area contributed by atoms with E-state index in [9.17, 15) is 4.79 Å². The van der Waals surface area contributed by atoms with Crippen molar-refractivity contribution in [2.24, 2.45) is 0 Å². The molecule has 0 bridgehead atoms. The fourth-order valence-electron chi connectivity index (χ4n) is 2.72. The van der Waals surface area contributed by atoms with E-state index in [0.717, 1.165) is 11.3 Å². The van der Waals surface area contributed by atoms with Crippen LogP contribution in [0.3, 0.4) is 0 Å². The molecule has 25 heavy (non-hydrogen) atoms. The van der Waals surface area contributed by atoms with Crippen LogP contribution in [0.4, 0.5) is 0 Å². The fourth-order valence-corrected chi connectivity index (χ4v) is 2.72. The smallest absolute Gasteiger partial charge is 0.266 e. The van der Waals surface area contributed by atoms with Gasteiger partial charge >= 0.3 is 0 Å². The van der Waals surface area contributed by atoms with Gasteiger partial charge in [-0.3, -0.25) is 9.36 Å². The number of rotatable bonds is 4. The number of hydrogen-bond acceptors (Lipinski definition) is 2. The Hall–Kier alpha value is -3.20. The third-order valence-electron chi connectivity index (χ3n) is 3.92. The molecule has 1 heterocycles. The molecule has 0 aliphatic carbocycles. The molecule has 0 aliphatic heterocycles. The van der Waals surface area contributed by atoms with Gasteiger partial charge in [0.05, 0.1) is 10.9 Å². The Labute approximate surface area is 147 Å². The number of nitrogens with zero attached hydrogens (tertiary/aromatic N) is 2. The van der Waals surface area contributed by atoms with Crippen LogP contribution in [0.5, 0.6) is 0 Å². The first-order valence-electron chi connectivity index (χ1n) is 8.29. The van der Waals surface area contributed by atoms with Crippen molar-refractivity contribution in [2.75, 3.05) is 0 Å². The molecular formula is C22H20N2O. The lowest BCUT2D eigenvalue weighted by molar-refractivity contribution is 0.972. The zero-order chi connectivity index (χ0) is 17.6. The first-order valence-corrected chi connectivity index (χ1v) is 8.29. The first-order chi connectivity index (χ1) is 12.2. The van der Waals surface area contributed by atoms with Crippen molar-refractivity contribution in [2.45, 2.75) is 13.8 Å². The van der Waals surface area contributed by atoms with E-state index in [1.165, 1.54) is 0 Å². The molecule has 3 nitrogen and oxygen atoms in total. The van der Waals surface area contributed by atoms with Crippen molar-refractivity contribution in [1.82, 2.24) is 9.55 Å². The minimum atomic E-state index is -0.0653. The van der Waals surface area contributed by atoms with Gasteiger partial charge < -0.3 is 0 Å². The molecule has 0 aliphatic rings. The number of fused-ring (bicyclic) bond motifs is 1. The first kappa shape index (κ1) is 16.7. The molecule has 124 valence electrons. The summed E-state index contributed by atoms with van der Waals surface area (Å²) in [4.78, 5) is 17.8. The van der Waals surface area contributed by atoms with E-state index in [2.05, 4.69) is 0 Å². The van der Waals surface area contributed by atoms with Gasteiger partial charge in [-0.1, -0.05) is 60.7 Å². The maximum absolute atomic E-state index is 13.1. The Bertz CT molecular complexity index is 1020. The van der Waals surface area contributed by atoms with E-state index in [0.29, 0.717) is 16.7 Å². The van der Waals surface area contributed by atoms with Gasteiger partial charge in [-0.15, -0.1) is 0 Å². The van der Waals surface area contributed by atoms with Crippen molar-refractivity contribution in [3.8, 4) is 0 Å². The second-order valence-electron chi connectivity index (χ2n) is 5.59. The van der Waals surface area contributed by atoms with E-state index in [1.807, 2.05) is 98.8 Å². The predicted octanol–water partition coefficient (Wildman–Crippen LogP) is 5.00. The molecule has 2 aromatic carbocycles. The normalized spacial score (nSPS) is 12.5. The Kier molecular flexibility index (Phi) is 5.05. The molecule has 0 unspecified atom stereocenters. The minimum absolute atomic E-state index is 0.0653. The lowest BCUT2D eigenvalue weighted by Gasteiger charge is -2.12. The molecule has 1 aromatic heterocycles. The molecular weight excluding hydrogens is 308 g/mol. The molecule has 0 saturated heterocycles. The molecule has 0 fully saturated rings. The van der Waals surface area contributed by atoms with Crippen molar-refractivity contribution in [1.29, 1.82) is 0 Å². The van der Waals surface area contributed by atoms with Gasteiger partial charge in [-0.25, -0.2) is 4.98 Å². The van der Waals surface area contributed by atoms with E-state index in [4.69, 9.17) is 4.98 Å². The van der Waals surface area contributed by atoms with Crippen LogP contribution in [0.1, 0.15) is 25.2 Å². The summed E-state index contributed by atoms with van der Waals surface area (Å²) in [6.45, 7) is 3.85. The summed E-state index contributed by atoms with van der Waals surface area (Å²) in [5.74, 6) is 0.610. The Morgan fingerprint density at radius 1 is 0.960 bits per heavy atom. The number of benzene rings is 2. The largest absolute Gasteiger partial charge is 0.268 e. The van der Waals surface area contributed by atoms with E-state index >= 15 is 0 Å². The lowest BCUT2D eigenvalue weighted by Crippen LogP contribution is -2.22. The molecule has 0 saturated carbocycles. The molecule has 3 heteroatoms. The quantitative estimate of drug-likeness (QED) is 0.631. The summed E-state index contributed by atoms with van der Waals surface area (Å²) in [6, 6.07) is 17.4. The highest BCUT2D eigenvalue weighted by molar-refractivity contribution is 5.81. The summed E-state index contributed by atoms with van der Waals surface area (Å²) in [5, 5.41) is 0.614. The number of allylic oxidation sites excluding steroid dienone is 4. The van der Waals surface area contributed by atoms with E-state index < -0.39 is 0 Å². The molecule has 0 amide bonds. The van der Waals surface area contributed by atoms with Crippen LogP contribution in [-0.4, -0.2) is 9.55 Å². The highest BCUT2D eigenvalue weighted by atomic mass is 16.1. The van der Waals surface area contributed by atoms with Gasteiger partial charge in [0.1, 0.15) is 5.82 Å². The zero-order valence-electron chi connectivity index (χ0n) is 14.4. The van der Waals surface area contributed by atoms with Gasteiger partial charge in [0.25, 0.3) is 5.56 Å². The van der Waals surface area contributed by atoms with Crippen LogP contribution in [0, 0.1) is 0 Å². The highest BCUT2D eigenvalue weighted by Gasteiger charge is 2.10.